The van der Waals surface area contributed by atoms with Crippen LogP contribution in [-0.2, 0) is 24.3 Å². The van der Waals surface area contributed by atoms with Crippen molar-refractivity contribution in [1.82, 2.24) is 25.4 Å². The molecule has 0 saturated carbocycles. The highest BCUT2D eigenvalue weighted by Crippen LogP contribution is 2.13. The maximum Gasteiger partial charge on any atom is 0.192 e. The summed E-state index contributed by atoms with van der Waals surface area (Å²) in [6.45, 7) is 1.67. The highest BCUT2D eigenvalue weighted by molar-refractivity contribution is 5.80. The molecule has 0 saturated heterocycles. The van der Waals surface area contributed by atoms with Crippen LogP contribution >= 0.6 is 0 Å². The van der Waals surface area contributed by atoms with Crippen LogP contribution < -0.4 is 10.6 Å². The normalized spacial score (nSPS) is 18.2. The number of hydrogen-bond acceptors (Lipinski definition) is 4. The van der Waals surface area contributed by atoms with Crippen molar-refractivity contribution in [3.63, 3.8) is 0 Å². The van der Waals surface area contributed by atoms with Crippen molar-refractivity contribution in [3.8, 4) is 12.3 Å². The summed E-state index contributed by atoms with van der Waals surface area (Å²) in [7, 11) is 3.37. The molecule has 0 aromatic carbocycles. The number of aryl methyl sites for hydroxylation is 1. The van der Waals surface area contributed by atoms with Gasteiger partial charge in [0.15, 0.2) is 11.8 Å². The van der Waals surface area contributed by atoms with Gasteiger partial charge in [0.25, 0.3) is 0 Å². The van der Waals surface area contributed by atoms with E-state index in [1.165, 1.54) is 0 Å². The Kier molecular flexibility index (Phi) is 4.96. The van der Waals surface area contributed by atoms with Crippen molar-refractivity contribution in [2.45, 2.75) is 32.0 Å². The molecule has 1 aliphatic rings. The molecular formula is C13H20N6O. The zero-order valence-corrected chi connectivity index (χ0v) is 11.9. The fourth-order valence-electron chi connectivity index (χ4n) is 2.19. The molecule has 1 aliphatic heterocycles. The number of terminal acetylenes is 1. The molecule has 0 radical (unpaired) electrons. The summed E-state index contributed by atoms with van der Waals surface area (Å²) in [5.74, 6) is 5.00. The average Bonchev–Trinajstić information content (AvgIpc) is 2.85. The Labute approximate surface area is 118 Å². The monoisotopic (exact) mass is 276 g/mol. The van der Waals surface area contributed by atoms with E-state index in [1.807, 2.05) is 4.68 Å². The van der Waals surface area contributed by atoms with E-state index >= 15 is 0 Å². The maximum absolute atomic E-state index is 5.23. The van der Waals surface area contributed by atoms with Crippen LogP contribution in [0.15, 0.2) is 4.99 Å². The van der Waals surface area contributed by atoms with Crippen molar-refractivity contribution >= 4 is 5.96 Å². The molecule has 2 rings (SSSR count). The van der Waals surface area contributed by atoms with Crippen LogP contribution in [0.1, 0.15) is 18.1 Å². The summed E-state index contributed by atoms with van der Waals surface area (Å²) in [6.07, 6.45) is 7.11. The quantitative estimate of drug-likeness (QED) is 0.442. The largest absolute Gasteiger partial charge is 0.377 e. The van der Waals surface area contributed by atoms with Crippen LogP contribution in [0.2, 0.25) is 0 Å². The van der Waals surface area contributed by atoms with Crippen molar-refractivity contribution < 1.29 is 4.74 Å². The topological polar surface area (TPSA) is 76.4 Å². The van der Waals surface area contributed by atoms with E-state index in [4.69, 9.17) is 11.2 Å². The predicted molar refractivity (Wildman–Crippen MR) is 76.2 cm³/mol. The van der Waals surface area contributed by atoms with Gasteiger partial charge in [-0.15, -0.1) is 6.42 Å². The minimum absolute atomic E-state index is 0.267. The Morgan fingerprint density at radius 2 is 2.50 bits per heavy atom. The van der Waals surface area contributed by atoms with E-state index in [0.29, 0.717) is 19.1 Å². The number of nitrogens with zero attached hydrogens (tertiary/aromatic N) is 4. The lowest BCUT2D eigenvalue weighted by Gasteiger charge is -2.25. The lowest BCUT2D eigenvalue weighted by Crippen LogP contribution is -2.47. The molecule has 1 atom stereocenters. The molecule has 108 valence electrons. The van der Waals surface area contributed by atoms with Gasteiger partial charge in [0.1, 0.15) is 12.4 Å². The van der Waals surface area contributed by atoms with Gasteiger partial charge in [0, 0.05) is 26.6 Å². The number of hydrogen-bond donors (Lipinski definition) is 2. The van der Waals surface area contributed by atoms with Gasteiger partial charge in [0.05, 0.1) is 13.1 Å². The van der Waals surface area contributed by atoms with Gasteiger partial charge >= 0.3 is 0 Å². The zero-order chi connectivity index (χ0) is 14.4. The number of aliphatic imine (C=N–C) groups is 1. The number of aromatic nitrogens is 3. The summed E-state index contributed by atoms with van der Waals surface area (Å²) >= 11 is 0. The molecular weight excluding hydrogens is 256 g/mol. The molecule has 0 spiro atoms. The molecule has 0 amide bonds. The smallest absolute Gasteiger partial charge is 0.192 e. The Morgan fingerprint density at radius 3 is 3.20 bits per heavy atom. The minimum Gasteiger partial charge on any atom is -0.377 e. The van der Waals surface area contributed by atoms with Gasteiger partial charge in [-0.05, 0) is 6.42 Å². The first-order valence-corrected chi connectivity index (χ1v) is 6.59. The van der Waals surface area contributed by atoms with Crippen LogP contribution in [0.3, 0.4) is 0 Å². The lowest BCUT2D eigenvalue weighted by molar-refractivity contribution is 0.177. The zero-order valence-electron chi connectivity index (χ0n) is 11.9. The SMILES string of the molecule is C#CCNC(=NC)NC1CCc2nc(COC)nn2C1. The van der Waals surface area contributed by atoms with Gasteiger partial charge in [-0.3, -0.25) is 4.99 Å². The van der Waals surface area contributed by atoms with Crippen LogP contribution in [0.5, 0.6) is 0 Å². The number of rotatable bonds is 4. The summed E-state index contributed by atoms with van der Waals surface area (Å²) in [4.78, 5) is 8.59. The molecule has 2 N–H and O–H groups in total. The molecule has 7 heteroatoms. The Hall–Kier alpha value is -2.07. The standard InChI is InChI=1S/C13H20N6O/c1-4-7-15-13(14-2)16-10-5-6-12-17-11(9-20-3)18-19(12)8-10/h1,10H,5-9H2,2-3H3,(H2,14,15,16). The summed E-state index contributed by atoms with van der Waals surface area (Å²) in [6, 6.07) is 0.267. The highest BCUT2D eigenvalue weighted by Gasteiger charge is 2.22. The maximum atomic E-state index is 5.23. The van der Waals surface area contributed by atoms with E-state index in [9.17, 15) is 0 Å². The summed E-state index contributed by atoms with van der Waals surface area (Å²) in [5.41, 5.74) is 0. The Morgan fingerprint density at radius 1 is 1.65 bits per heavy atom. The molecule has 0 bridgehead atoms. The molecule has 2 heterocycles. The second-order valence-corrected chi connectivity index (χ2v) is 4.57. The molecule has 20 heavy (non-hydrogen) atoms. The second-order valence-electron chi connectivity index (χ2n) is 4.57. The van der Waals surface area contributed by atoms with Crippen LogP contribution in [0, 0.1) is 12.3 Å². The molecule has 0 aliphatic carbocycles. The van der Waals surface area contributed by atoms with Gasteiger partial charge in [-0.2, -0.15) is 5.10 Å². The van der Waals surface area contributed by atoms with E-state index in [0.717, 1.165) is 31.0 Å². The number of guanidine groups is 1. The molecule has 1 aromatic heterocycles. The third-order valence-electron chi connectivity index (χ3n) is 3.10. The fraction of sp³-hybridized carbons (Fsp3) is 0.615. The van der Waals surface area contributed by atoms with Crippen molar-refractivity contribution in [3.05, 3.63) is 11.6 Å². The van der Waals surface area contributed by atoms with Gasteiger partial charge < -0.3 is 15.4 Å². The predicted octanol–water partition coefficient (Wildman–Crippen LogP) is -0.462. The highest BCUT2D eigenvalue weighted by atomic mass is 16.5. The van der Waals surface area contributed by atoms with Crippen molar-refractivity contribution in [1.29, 1.82) is 0 Å². The minimum atomic E-state index is 0.267. The summed E-state index contributed by atoms with van der Waals surface area (Å²) < 4.78 is 6.99. The first-order valence-electron chi connectivity index (χ1n) is 6.59. The second kappa shape index (κ2) is 6.91. The van der Waals surface area contributed by atoms with Crippen molar-refractivity contribution in [2.24, 2.45) is 4.99 Å². The van der Waals surface area contributed by atoms with Gasteiger partial charge in [-0.25, -0.2) is 9.67 Å². The first kappa shape index (κ1) is 14.3. The Bertz CT molecular complexity index is 515. The number of methoxy groups -OCH3 is 1. The van der Waals surface area contributed by atoms with Crippen LogP contribution in [0.25, 0.3) is 0 Å². The van der Waals surface area contributed by atoms with Crippen LogP contribution in [-0.4, -0.2) is 47.5 Å². The Balaban J connectivity index is 1.95. The first-order chi connectivity index (χ1) is 9.76. The van der Waals surface area contributed by atoms with E-state index in [-0.39, 0.29) is 6.04 Å². The van der Waals surface area contributed by atoms with Gasteiger partial charge in [0.2, 0.25) is 0 Å². The number of fused-ring (bicyclic) bond motifs is 1. The van der Waals surface area contributed by atoms with E-state index < -0.39 is 0 Å². The summed E-state index contributed by atoms with van der Waals surface area (Å²) in [5, 5.41) is 10.8. The number of nitrogens with one attached hydrogen (secondary N) is 2. The number of ether oxygens (including phenoxy) is 1. The van der Waals surface area contributed by atoms with Gasteiger partial charge in [-0.1, -0.05) is 5.92 Å². The molecule has 0 fully saturated rings. The van der Waals surface area contributed by atoms with E-state index in [1.54, 1.807) is 14.2 Å². The molecule has 1 unspecified atom stereocenters. The van der Waals surface area contributed by atoms with E-state index in [2.05, 4.69) is 31.6 Å². The molecule has 1 aromatic rings. The molecule has 7 nitrogen and oxygen atoms in total. The third kappa shape index (κ3) is 3.48. The fourth-order valence-corrected chi connectivity index (χ4v) is 2.19. The van der Waals surface area contributed by atoms with Crippen LogP contribution in [0.4, 0.5) is 0 Å². The van der Waals surface area contributed by atoms with Crippen molar-refractivity contribution in [2.75, 3.05) is 20.7 Å². The average molecular weight is 276 g/mol. The lowest BCUT2D eigenvalue weighted by atomic mass is 10.1. The third-order valence-corrected chi connectivity index (χ3v) is 3.10.